The summed E-state index contributed by atoms with van der Waals surface area (Å²) in [5, 5.41) is 10.0. The second kappa shape index (κ2) is 11.1. The van der Waals surface area contributed by atoms with E-state index in [2.05, 4.69) is 0 Å². The molecule has 1 atom stereocenters. The molecule has 0 saturated carbocycles. The number of ether oxygens (including phenoxy) is 2. The molecule has 182 valence electrons. The number of nitrogens with zero attached hydrogens (tertiary/aromatic N) is 1. The molecule has 1 amide bonds. The predicted molar refractivity (Wildman–Crippen MR) is 129 cm³/mol. The minimum atomic E-state index is -1.14. The van der Waals surface area contributed by atoms with Crippen molar-refractivity contribution in [1.82, 2.24) is 4.90 Å². The lowest BCUT2D eigenvalue weighted by molar-refractivity contribution is -0.140. The maximum absolute atomic E-state index is 14.0. The molecular weight excluding hydrogens is 496 g/mol. The number of fused-ring (bicyclic) bond motifs is 1. The Morgan fingerprint density at radius 1 is 1.03 bits per heavy atom. The van der Waals surface area contributed by atoms with Crippen LogP contribution in [0.25, 0.3) is 0 Å². The number of carbonyl (C=O) groups excluding carboxylic acids is 1. The van der Waals surface area contributed by atoms with E-state index in [1.54, 1.807) is 35.2 Å². The van der Waals surface area contributed by atoms with Gasteiger partial charge in [-0.05, 0) is 59.5 Å². The van der Waals surface area contributed by atoms with E-state index in [0.29, 0.717) is 34.1 Å². The van der Waals surface area contributed by atoms with Crippen molar-refractivity contribution in [2.75, 3.05) is 19.8 Å². The third-order valence-electron chi connectivity index (χ3n) is 5.71. The minimum Gasteiger partial charge on any atom is -0.482 e. The van der Waals surface area contributed by atoms with Crippen LogP contribution in [-0.4, -0.2) is 41.6 Å². The van der Waals surface area contributed by atoms with E-state index >= 15 is 0 Å². The molecule has 0 aliphatic carbocycles. The number of carboxylic acids is 1. The number of benzene rings is 3. The number of amides is 1. The average molecular weight is 518 g/mol. The lowest BCUT2D eigenvalue weighted by Gasteiger charge is -2.38. The number of carboxylic acid groups (broad SMARTS) is 1. The van der Waals surface area contributed by atoms with Crippen LogP contribution in [0.2, 0.25) is 10.0 Å². The maximum atomic E-state index is 14.0. The summed E-state index contributed by atoms with van der Waals surface area (Å²) < 4.78 is 25.1. The van der Waals surface area contributed by atoms with Crippen LogP contribution in [0.5, 0.6) is 5.75 Å². The zero-order valence-electron chi connectivity index (χ0n) is 18.5. The zero-order valence-corrected chi connectivity index (χ0v) is 20.1. The van der Waals surface area contributed by atoms with Gasteiger partial charge in [0.25, 0.3) is 0 Å². The van der Waals surface area contributed by atoms with Gasteiger partial charge in [-0.25, -0.2) is 9.18 Å². The van der Waals surface area contributed by atoms with Gasteiger partial charge in [0.05, 0.1) is 12.6 Å². The number of halogens is 3. The quantitative estimate of drug-likeness (QED) is 0.439. The van der Waals surface area contributed by atoms with Gasteiger partial charge in [0.1, 0.15) is 18.2 Å². The van der Waals surface area contributed by atoms with Gasteiger partial charge in [-0.2, -0.15) is 0 Å². The smallest absolute Gasteiger partial charge is 0.341 e. The summed E-state index contributed by atoms with van der Waals surface area (Å²) in [6, 6.07) is 15.7. The molecule has 0 aromatic heterocycles. The molecule has 9 heteroatoms. The fourth-order valence-electron chi connectivity index (χ4n) is 4.15. The van der Waals surface area contributed by atoms with Crippen molar-refractivity contribution in [2.45, 2.75) is 19.1 Å². The molecule has 1 aliphatic heterocycles. The van der Waals surface area contributed by atoms with E-state index in [1.165, 1.54) is 12.1 Å². The fraction of sp³-hybridized carbons (Fsp3) is 0.231. The molecule has 1 N–H and O–H groups in total. The molecule has 0 saturated heterocycles. The minimum absolute atomic E-state index is 0.163. The van der Waals surface area contributed by atoms with Crippen LogP contribution >= 0.6 is 23.2 Å². The molecule has 35 heavy (non-hydrogen) atoms. The lowest BCUT2D eigenvalue weighted by atomic mass is 9.87. The van der Waals surface area contributed by atoms with Crippen LogP contribution in [0.15, 0.2) is 60.7 Å². The highest BCUT2D eigenvalue weighted by Gasteiger charge is 2.34. The summed E-state index contributed by atoms with van der Waals surface area (Å²) in [6.07, 6.45) is 0.450. The van der Waals surface area contributed by atoms with Crippen molar-refractivity contribution < 1.29 is 28.6 Å². The van der Waals surface area contributed by atoms with Crippen molar-refractivity contribution in [1.29, 1.82) is 0 Å². The van der Waals surface area contributed by atoms with Gasteiger partial charge in [0.15, 0.2) is 6.61 Å². The second-order valence-electron chi connectivity index (χ2n) is 8.03. The van der Waals surface area contributed by atoms with Crippen LogP contribution in [0, 0.1) is 5.82 Å². The Labute approximate surface area is 211 Å². The van der Waals surface area contributed by atoms with Crippen LogP contribution < -0.4 is 4.74 Å². The Bertz CT molecular complexity index is 1250. The molecule has 0 bridgehead atoms. The molecule has 0 spiro atoms. The number of hydrogen-bond donors (Lipinski definition) is 1. The van der Waals surface area contributed by atoms with E-state index in [9.17, 15) is 14.0 Å². The van der Waals surface area contributed by atoms with E-state index in [-0.39, 0.29) is 30.7 Å². The van der Waals surface area contributed by atoms with Gasteiger partial charge < -0.3 is 19.5 Å². The van der Waals surface area contributed by atoms with Crippen molar-refractivity contribution in [2.24, 2.45) is 0 Å². The highest BCUT2D eigenvalue weighted by molar-refractivity contribution is 6.31. The van der Waals surface area contributed by atoms with E-state index < -0.39 is 18.6 Å². The number of hydrogen-bond acceptors (Lipinski definition) is 4. The summed E-state index contributed by atoms with van der Waals surface area (Å²) in [7, 11) is 0. The first-order chi connectivity index (χ1) is 16.8. The third-order valence-corrected chi connectivity index (χ3v) is 6.32. The first-order valence-electron chi connectivity index (χ1n) is 10.9. The second-order valence-corrected chi connectivity index (χ2v) is 8.88. The molecule has 1 aliphatic rings. The Balaban J connectivity index is 1.65. The molecular formula is C26H22Cl2FNO5. The first kappa shape index (κ1) is 25.0. The highest BCUT2D eigenvalue weighted by Crippen LogP contribution is 2.40. The van der Waals surface area contributed by atoms with Crippen LogP contribution in [-0.2, 0) is 27.4 Å². The van der Waals surface area contributed by atoms with Gasteiger partial charge in [-0.3, -0.25) is 4.79 Å². The molecule has 0 fully saturated rings. The van der Waals surface area contributed by atoms with E-state index in [0.717, 1.165) is 11.1 Å². The van der Waals surface area contributed by atoms with E-state index in [1.807, 2.05) is 18.2 Å². The molecule has 3 aromatic carbocycles. The largest absolute Gasteiger partial charge is 0.482 e. The van der Waals surface area contributed by atoms with Crippen molar-refractivity contribution in [3.05, 3.63) is 98.8 Å². The standard InChI is InChI=1S/C26H22Cl2FNO5/c27-18-5-8-23(35-15-25(32)33)21(12-18)26-20-7-6-19(29)11-16(20)9-10-30(26)24(31)14-34-13-17-3-1-2-4-22(17)28/h1-8,11-12,26H,9-10,13-15H2,(H,32,33). The summed E-state index contributed by atoms with van der Waals surface area (Å²) in [5.41, 5.74) is 2.72. The summed E-state index contributed by atoms with van der Waals surface area (Å²) in [4.78, 5) is 26.1. The summed E-state index contributed by atoms with van der Waals surface area (Å²) in [6.45, 7) is -0.299. The molecule has 4 rings (SSSR count). The topological polar surface area (TPSA) is 76.1 Å². The lowest BCUT2D eigenvalue weighted by Crippen LogP contribution is -2.42. The Morgan fingerprint density at radius 2 is 1.83 bits per heavy atom. The van der Waals surface area contributed by atoms with Gasteiger partial charge in [-0.15, -0.1) is 0 Å². The van der Waals surface area contributed by atoms with Crippen LogP contribution in [0.3, 0.4) is 0 Å². The van der Waals surface area contributed by atoms with Crippen molar-refractivity contribution >= 4 is 35.1 Å². The summed E-state index contributed by atoms with van der Waals surface area (Å²) in [5.74, 6) is -1.54. The molecule has 3 aromatic rings. The number of aliphatic carboxylic acids is 1. The highest BCUT2D eigenvalue weighted by atomic mass is 35.5. The Hall–Kier alpha value is -3.13. The van der Waals surface area contributed by atoms with Gasteiger partial charge in [0.2, 0.25) is 5.91 Å². The number of rotatable bonds is 8. The monoisotopic (exact) mass is 517 g/mol. The van der Waals surface area contributed by atoms with Gasteiger partial charge in [-0.1, -0.05) is 47.5 Å². The number of carbonyl (C=O) groups is 2. The predicted octanol–water partition coefficient (Wildman–Crippen LogP) is 5.29. The van der Waals surface area contributed by atoms with Gasteiger partial charge in [0, 0.05) is 22.2 Å². The molecule has 1 unspecified atom stereocenters. The summed E-state index contributed by atoms with van der Waals surface area (Å²) >= 11 is 12.4. The van der Waals surface area contributed by atoms with E-state index in [4.69, 9.17) is 37.8 Å². The molecule has 6 nitrogen and oxygen atoms in total. The van der Waals surface area contributed by atoms with Crippen LogP contribution in [0.1, 0.15) is 28.3 Å². The Kier molecular flexibility index (Phi) is 7.90. The normalized spacial score (nSPS) is 14.9. The molecule has 0 radical (unpaired) electrons. The van der Waals surface area contributed by atoms with Crippen LogP contribution in [0.4, 0.5) is 4.39 Å². The Morgan fingerprint density at radius 3 is 2.60 bits per heavy atom. The fourth-order valence-corrected chi connectivity index (χ4v) is 4.52. The first-order valence-corrected chi connectivity index (χ1v) is 11.6. The SMILES string of the molecule is O=C(O)COc1ccc(Cl)cc1C1c2ccc(F)cc2CCN1C(=O)COCc1ccccc1Cl. The molecule has 1 heterocycles. The zero-order chi connectivity index (χ0) is 24.9. The third kappa shape index (κ3) is 5.93. The maximum Gasteiger partial charge on any atom is 0.341 e. The van der Waals surface area contributed by atoms with Crippen molar-refractivity contribution in [3.8, 4) is 5.75 Å². The van der Waals surface area contributed by atoms with Crippen molar-refractivity contribution in [3.63, 3.8) is 0 Å². The average Bonchev–Trinajstić information content (AvgIpc) is 2.83. The van der Waals surface area contributed by atoms with Gasteiger partial charge >= 0.3 is 5.97 Å².